The lowest BCUT2D eigenvalue weighted by molar-refractivity contribution is -0.143. The fraction of sp³-hybridized carbons (Fsp3) is 0.412. The third-order valence-corrected chi connectivity index (χ3v) is 13.9. The number of aliphatic hydroxyl groups is 4. The van der Waals surface area contributed by atoms with Crippen molar-refractivity contribution < 1.29 is 48.2 Å². The third kappa shape index (κ3) is 9.95. The molecule has 3 aromatic heterocycles. The number of aromatic nitrogens is 5. The predicted molar refractivity (Wildman–Crippen MR) is 252 cm³/mol. The largest absolute Gasteiger partial charge is 0.480 e. The van der Waals surface area contributed by atoms with Crippen molar-refractivity contribution in [1.29, 1.82) is 0 Å². The highest BCUT2D eigenvalue weighted by Crippen LogP contribution is 2.46. The zero-order valence-corrected chi connectivity index (χ0v) is 38.3. The van der Waals surface area contributed by atoms with E-state index >= 15 is 0 Å². The van der Waals surface area contributed by atoms with Gasteiger partial charge in [0, 0.05) is 41.9 Å². The van der Waals surface area contributed by atoms with E-state index in [0.29, 0.717) is 85.3 Å². The summed E-state index contributed by atoms with van der Waals surface area (Å²) in [5, 5.41) is 55.8. The van der Waals surface area contributed by atoms with Gasteiger partial charge in [0.2, 0.25) is 17.5 Å². The number of benzene rings is 3. The molecule has 1 aliphatic heterocycles. The molecule has 6 N–H and O–H groups in total. The molecule has 362 valence electrons. The number of rotatable bonds is 16. The fourth-order valence-electron chi connectivity index (χ4n) is 10.1. The minimum absolute atomic E-state index is 0.0356. The summed E-state index contributed by atoms with van der Waals surface area (Å²) in [4.78, 5) is 38.4. The van der Waals surface area contributed by atoms with Gasteiger partial charge in [-0.05, 0) is 106 Å². The van der Waals surface area contributed by atoms with Crippen molar-refractivity contribution in [2.45, 2.75) is 94.0 Å². The van der Waals surface area contributed by atoms with Gasteiger partial charge < -0.3 is 45.3 Å². The summed E-state index contributed by atoms with van der Waals surface area (Å²) in [5.74, 6) is -1.55. The average molecular weight is 947 g/mol. The summed E-state index contributed by atoms with van der Waals surface area (Å²) in [6, 6.07) is 17.2. The number of amides is 1. The van der Waals surface area contributed by atoms with E-state index in [2.05, 4.69) is 30.6 Å². The molecule has 0 spiro atoms. The SMILES string of the molecule is COc1cnc2cccc([C@@H](O)[C@@H](O)C3CCC(NCc4ccc5c(n4)N(C(O)(c4cccc6ncc(OC)nc46)C(O)C4CCC(NC/C=C/c6cc(F)ccc6F)CC4)C(=O)CO5)CC3)c2n1. The molecule has 2 saturated carbocycles. The second-order valence-corrected chi connectivity index (χ2v) is 18.0. The third-order valence-electron chi connectivity index (χ3n) is 13.9. The number of nitrogens with one attached hydrogen (secondary N) is 2. The quantitative estimate of drug-likeness (QED) is 0.0676. The van der Waals surface area contributed by atoms with E-state index in [4.69, 9.17) is 19.2 Å². The van der Waals surface area contributed by atoms with E-state index in [9.17, 15) is 34.0 Å². The molecule has 18 heteroatoms. The molecule has 69 heavy (non-hydrogen) atoms. The Morgan fingerprint density at radius 1 is 0.812 bits per heavy atom. The van der Waals surface area contributed by atoms with Crippen molar-refractivity contribution in [3.05, 3.63) is 119 Å². The Kier molecular flexibility index (Phi) is 14.4. The van der Waals surface area contributed by atoms with Crippen molar-refractivity contribution in [3.63, 3.8) is 0 Å². The van der Waals surface area contributed by atoms with Crippen LogP contribution in [0.15, 0.2) is 85.2 Å². The maximum absolute atomic E-state index is 14.3. The van der Waals surface area contributed by atoms with Gasteiger partial charge in [0.15, 0.2) is 18.2 Å². The van der Waals surface area contributed by atoms with Crippen LogP contribution >= 0.6 is 0 Å². The lowest BCUT2D eigenvalue weighted by Gasteiger charge is -2.47. The Labute approximate surface area is 397 Å². The van der Waals surface area contributed by atoms with Crippen LogP contribution in [0.5, 0.6) is 17.5 Å². The first kappa shape index (κ1) is 47.8. The van der Waals surface area contributed by atoms with Crippen LogP contribution in [0.4, 0.5) is 14.6 Å². The van der Waals surface area contributed by atoms with E-state index in [1.807, 2.05) is 0 Å². The zero-order valence-electron chi connectivity index (χ0n) is 38.3. The number of para-hydroxylation sites is 2. The first-order valence-corrected chi connectivity index (χ1v) is 23.4. The molecule has 9 rings (SSSR count). The Balaban J connectivity index is 0.913. The van der Waals surface area contributed by atoms with Gasteiger partial charge >= 0.3 is 0 Å². The number of methoxy groups -OCH3 is 2. The number of hydrogen-bond donors (Lipinski definition) is 6. The molecule has 6 aromatic rings. The predicted octanol–water partition coefficient (Wildman–Crippen LogP) is 5.80. The normalized spacial score (nSPS) is 21.9. The molecule has 2 unspecified atom stereocenters. The molecule has 0 radical (unpaired) electrons. The second-order valence-electron chi connectivity index (χ2n) is 18.0. The Morgan fingerprint density at radius 2 is 1.46 bits per heavy atom. The van der Waals surface area contributed by atoms with Gasteiger partial charge in [0.25, 0.3) is 5.91 Å². The number of carbonyl (C=O) groups is 1. The number of halogens is 2. The van der Waals surface area contributed by atoms with Crippen LogP contribution in [0.25, 0.3) is 28.1 Å². The van der Waals surface area contributed by atoms with Crippen molar-refractivity contribution in [3.8, 4) is 17.5 Å². The highest BCUT2D eigenvalue weighted by atomic mass is 19.1. The number of aliphatic hydroxyl groups excluding tert-OH is 3. The second kappa shape index (κ2) is 20.8. The van der Waals surface area contributed by atoms with Crippen LogP contribution in [-0.4, -0.2) is 103 Å². The van der Waals surface area contributed by atoms with Crippen LogP contribution in [0, 0.1) is 23.5 Å². The van der Waals surface area contributed by atoms with Crippen molar-refractivity contribution in [2.24, 2.45) is 11.8 Å². The van der Waals surface area contributed by atoms with Crippen LogP contribution in [0.1, 0.15) is 79.9 Å². The number of nitrogens with zero attached hydrogens (tertiary/aromatic N) is 6. The summed E-state index contributed by atoms with van der Waals surface area (Å²) in [6.45, 7) is 0.286. The first-order chi connectivity index (χ1) is 33.4. The van der Waals surface area contributed by atoms with E-state index in [0.717, 1.165) is 35.9 Å². The van der Waals surface area contributed by atoms with Crippen LogP contribution < -0.4 is 29.7 Å². The van der Waals surface area contributed by atoms with Crippen molar-refractivity contribution in [1.82, 2.24) is 35.6 Å². The minimum atomic E-state index is -2.41. The molecule has 16 nitrogen and oxygen atoms in total. The lowest BCUT2D eigenvalue weighted by atomic mass is 9.76. The highest BCUT2D eigenvalue weighted by molar-refractivity contribution is 5.99. The average Bonchev–Trinajstić information content (AvgIpc) is 3.38. The molecule has 4 heterocycles. The molecule has 2 fully saturated rings. The van der Waals surface area contributed by atoms with Crippen LogP contribution in [0.3, 0.4) is 0 Å². The van der Waals surface area contributed by atoms with Gasteiger partial charge in [-0.3, -0.25) is 9.69 Å². The van der Waals surface area contributed by atoms with E-state index < -0.39 is 54.1 Å². The number of hydrogen-bond acceptors (Lipinski definition) is 15. The zero-order chi connectivity index (χ0) is 48.2. The molecule has 3 aliphatic rings. The summed E-state index contributed by atoms with van der Waals surface area (Å²) in [6.07, 6.45) is 7.45. The summed E-state index contributed by atoms with van der Waals surface area (Å²) in [7, 11) is 2.94. The van der Waals surface area contributed by atoms with Gasteiger partial charge in [0.1, 0.15) is 29.4 Å². The number of fused-ring (bicyclic) bond motifs is 3. The van der Waals surface area contributed by atoms with Gasteiger partial charge in [0.05, 0.1) is 55.0 Å². The monoisotopic (exact) mass is 946 g/mol. The van der Waals surface area contributed by atoms with E-state index in [1.165, 1.54) is 32.7 Å². The molecule has 1 amide bonds. The maximum Gasteiger partial charge on any atom is 0.268 e. The molecule has 0 bridgehead atoms. The number of pyridine rings is 1. The molecule has 3 aromatic carbocycles. The van der Waals surface area contributed by atoms with Gasteiger partial charge in [-0.2, -0.15) is 0 Å². The van der Waals surface area contributed by atoms with Gasteiger partial charge in [-0.1, -0.05) is 36.4 Å². The van der Waals surface area contributed by atoms with E-state index in [-0.39, 0.29) is 52.1 Å². The van der Waals surface area contributed by atoms with Gasteiger partial charge in [-0.15, -0.1) is 0 Å². The number of carbonyl (C=O) groups excluding carboxylic acids is 1. The molecule has 0 saturated heterocycles. The Morgan fingerprint density at radius 3 is 2.17 bits per heavy atom. The van der Waals surface area contributed by atoms with E-state index in [1.54, 1.807) is 54.6 Å². The van der Waals surface area contributed by atoms with Crippen molar-refractivity contribution >= 4 is 39.9 Å². The maximum atomic E-state index is 14.3. The van der Waals surface area contributed by atoms with Crippen LogP contribution in [0.2, 0.25) is 0 Å². The topological polar surface area (TPSA) is 217 Å². The molecule has 4 atom stereocenters. The number of anilines is 1. The lowest BCUT2D eigenvalue weighted by Crippen LogP contribution is -2.62. The molecule has 2 aliphatic carbocycles. The molecular formula is C51H56F2N8O8. The fourth-order valence-corrected chi connectivity index (χ4v) is 10.1. The first-order valence-electron chi connectivity index (χ1n) is 23.4. The molecular weight excluding hydrogens is 891 g/mol. The Hall–Kier alpha value is -6.28. The number of ether oxygens (including phenoxy) is 3. The van der Waals surface area contributed by atoms with Crippen LogP contribution in [-0.2, 0) is 17.1 Å². The Bertz CT molecular complexity index is 2830. The summed E-state index contributed by atoms with van der Waals surface area (Å²) < 4.78 is 44.4. The highest BCUT2D eigenvalue weighted by Gasteiger charge is 2.53. The van der Waals surface area contributed by atoms with Gasteiger partial charge in [-0.25, -0.2) is 33.7 Å². The standard InChI is InChI=1S/C51H56F2N8O8/c1-67-42-26-56-39-9-3-7-36(45(39)59-42)48(64)47(63)29-11-16-34(17-12-29)55-25-35-20-22-41-50(58-35)61(44(62)28-69-41)51(66,37-8-4-10-40-46(37)60-43(68-2)27-57-40)49(65)30-13-18-33(19-14-30)54-23-5-6-31-24-32(52)15-21-38(31)53/h3-10,15,20-22,24,26-27,29-30,33-34,47-49,54-55,63-66H,11-14,16-19,23,25,28H2,1-2H3/b6-5+/t29?,30?,33?,34?,47-,48+,49?,51?/m0/s1. The summed E-state index contributed by atoms with van der Waals surface area (Å²) >= 11 is 0. The smallest absolute Gasteiger partial charge is 0.268 e. The minimum Gasteiger partial charge on any atom is -0.480 e. The summed E-state index contributed by atoms with van der Waals surface area (Å²) in [5.41, 5.74) is 0.620. The van der Waals surface area contributed by atoms with Crippen molar-refractivity contribution in [2.75, 3.05) is 32.3 Å².